The molecule has 1 aromatic rings. The first-order valence-electron chi connectivity index (χ1n) is 10.8. The molecule has 2 aliphatic carbocycles. The Hall–Kier alpha value is -0.990. The zero-order valence-electron chi connectivity index (χ0n) is 15.9. The fourth-order valence-corrected chi connectivity index (χ4v) is 5.11. The molecule has 26 heavy (non-hydrogen) atoms. The van der Waals surface area contributed by atoms with E-state index >= 15 is 0 Å². The molecule has 0 unspecified atom stereocenters. The van der Waals surface area contributed by atoms with Crippen molar-refractivity contribution >= 4 is 0 Å². The van der Waals surface area contributed by atoms with Crippen LogP contribution < -0.4 is 0 Å². The molecule has 0 saturated heterocycles. The maximum Gasteiger partial charge on any atom is 0.194 e. The maximum atomic E-state index is 13.4. The second-order valence-electron chi connectivity index (χ2n) is 8.66. The Morgan fingerprint density at radius 2 is 1.15 bits per heavy atom. The topological polar surface area (TPSA) is 0 Å². The van der Waals surface area contributed by atoms with Crippen LogP contribution in [-0.2, 0) is 0 Å². The predicted molar refractivity (Wildman–Crippen MR) is 101 cm³/mol. The van der Waals surface area contributed by atoms with E-state index in [0.717, 1.165) is 37.5 Å². The molecule has 3 heteroatoms. The average molecular weight is 367 g/mol. The Kier molecular flexibility index (Phi) is 7.45. The van der Waals surface area contributed by atoms with Gasteiger partial charge in [-0.2, -0.15) is 0 Å². The molecule has 2 saturated carbocycles. The van der Waals surface area contributed by atoms with Crippen LogP contribution in [-0.4, -0.2) is 0 Å². The smallest absolute Gasteiger partial charge is 0.194 e. The van der Waals surface area contributed by atoms with Crippen LogP contribution >= 0.6 is 0 Å². The molecule has 0 radical (unpaired) electrons. The lowest BCUT2D eigenvalue weighted by Gasteiger charge is -2.29. The molecule has 2 aliphatic rings. The molecule has 0 bridgehead atoms. The van der Waals surface area contributed by atoms with Gasteiger partial charge < -0.3 is 0 Å². The van der Waals surface area contributed by atoms with Crippen LogP contribution in [0.2, 0.25) is 0 Å². The molecule has 0 spiro atoms. The van der Waals surface area contributed by atoms with Gasteiger partial charge in [0.05, 0.1) is 0 Å². The molecular formula is C23H33F3. The minimum absolute atomic E-state index is 0.183. The monoisotopic (exact) mass is 366 g/mol. The summed E-state index contributed by atoms with van der Waals surface area (Å²) in [7, 11) is 0. The molecule has 2 fully saturated rings. The van der Waals surface area contributed by atoms with Crippen molar-refractivity contribution in [3.8, 4) is 0 Å². The third kappa shape index (κ3) is 5.50. The van der Waals surface area contributed by atoms with Crippen molar-refractivity contribution in [1.82, 2.24) is 0 Å². The van der Waals surface area contributed by atoms with Crippen molar-refractivity contribution in [2.24, 2.45) is 11.8 Å². The maximum absolute atomic E-state index is 13.4. The van der Waals surface area contributed by atoms with Gasteiger partial charge in [0.2, 0.25) is 0 Å². The number of hydrogen-bond donors (Lipinski definition) is 0. The summed E-state index contributed by atoms with van der Waals surface area (Å²) in [6.07, 6.45) is 18.2. The van der Waals surface area contributed by atoms with Crippen molar-refractivity contribution in [2.75, 3.05) is 0 Å². The van der Waals surface area contributed by atoms with Gasteiger partial charge in [-0.15, -0.1) is 0 Å². The minimum atomic E-state index is -1.35. The molecule has 0 aromatic heterocycles. The lowest BCUT2D eigenvalue weighted by atomic mass is 9.77. The van der Waals surface area contributed by atoms with E-state index in [1.165, 1.54) is 76.3 Å². The van der Waals surface area contributed by atoms with E-state index in [4.69, 9.17) is 0 Å². The van der Waals surface area contributed by atoms with Gasteiger partial charge in [0.25, 0.3) is 0 Å². The zero-order chi connectivity index (χ0) is 18.4. The van der Waals surface area contributed by atoms with Crippen LogP contribution in [0.5, 0.6) is 0 Å². The quantitative estimate of drug-likeness (QED) is 0.324. The summed E-state index contributed by atoms with van der Waals surface area (Å²) in [5.41, 5.74) is 0.631. The number of unbranched alkanes of at least 4 members (excludes halogenated alkanes) is 3. The Morgan fingerprint density at radius 3 is 1.69 bits per heavy atom. The van der Waals surface area contributed by atoms with Crippen LogP contribution in [0.1, 0.15) is 101 Å². The number of benzene rings is 1. The van der Waals surface area contributed by atoms with Gasteiger partial charge in [-0.05, 0) is 61.1 Å². The highest BCUT2D eigenvalue weighted by atomic mass is 19.2. The van der Waals surface area contributed by atoms with E-state index in [0.29, 0.717) is 5.56 Å². The van der Waals surface area contributed by atoms with Crippen LogP contribution in [0.3, 0.4) is 0 Å². The van der Waals surface area contributed by atoms with Gasteiger partial charge in [-0.3, -0.25) is 0 Å². The molecule has 0 heterocycles. The molecule has 0 N–H and O–H groups in total. The Morgan fingerprint density at radius 1 is 0.654 bits per heavy atom. The first-order valence-corrected chi connectivity index (χ1v) is 10.8. The van der Waals surface area contributed by atoms with Crippen molar-refractivity contribution in [1.29, 1.82) is 0 Å². The molecule has 0 nitrogen and oxygen atoms in total. The van der Waals surface area contributed by atoms with Crippen LogP contribution in [0.4, 0.5) is 13.2 Å². The van der Waals surface area contributed by atoms with Gasteiger partial charge >= 0.3 is 0 Å². The molecule has 0 atom stereocenters. The Bertz CT molecular complexity index is 532. The second kappa shape index (κ2) is 9.80. The van der Waals surface area contributed by atoms with Gasteiger partial charge in [0, 0.05) is 0 Å². The van der Waals surface area contributed by atoms with Gasteiger partial charge in [0.1, 0.15) is 0 Å². The summed E-state index contributed by atoms with van der Waals surface area (Å²) in [5.74, 6) is -1.50. The fourth-order valence-electron chi connectivity index (χ4n) is 5.11. The first-order chi connectivity index (χ1) is 12.6. The zero-order valence-corrected chi connectivity index (χ0v) is 15.9. The second-order valence-corrected chi connectivity index (χ2v) is 8.66. The third-order valence-corrected chi connectivity index (χ3v) is 6.77. The highest BCUT2D eigenvalue weighted by molar-refractivity contribution is 5.23. The molecular weight excluding hydrogens is 333 g/mol. The summed E-state index contributed by atoms with van der Waals surface area (Å²) >= 11 is 0. The van der Waals surface area contributed by atoms with E-state index in [1.54, 1.807) is 0 Å². The summed E-state index contributed by atoms with van der Waals surface area (Å²) in [5, 5.41) is 0. The Labute approximate surface area is 156 Å². The van der Waals surface area contributed by atoms with Crippen LogP contribution in [0, 0.1) is 29.3 Å². The number of hydrogen-bond acceptors (Lipinski definition) is 0. The molecule has 146 valence electrons. The lowest BCUT2D eigenvalue weighted by molar-refractivity contribution is 0.300. The van der Waals surface area contributed by atoms with Crippen LogP contribution in [0.25, 0.3) is 0 Å². The normalized spacial score (nSPS) is 24.3. The average Bonchev–Trinajstić information content (AvgIpc) is 3.16. The van der Waals surface area contributed by atoms with E-state index in [1.807, 2.05) is 0 Å². The summed E-state index contributed by atoms with van der Waals surface area (Å²) in [6, 6.07) is 2.38. The largest absolute Gasteiger partial charge is 0.204 e. The predicted octanol–water partition coefficient (Wildman–Crippen LogP) is 7.91. The highest BCUT2D eigenvalue weighted by Gasteiger charge is 2.24. The van der Waals surface area contributed by atoms with Crippen molar-refractivity contribution in [3.63, 3.8) is 0 Å². The van der Waals surface area contributed by atoms with Crippen molar-refractivity contribution < 1.29 is 13.2 Å². The van der Waals surface area contributed by atoms with Gasteiger partial charge in [0.15, 0.2) is 17.5 Å². The lowest BCUT2D eigenvalue weighted by Crippen LogP contribution is -2.14. The standard InChI is InChI=1S/C23H33F3/c24-21-15-20(16-22(25)23(21)26)19-13-11-18(12-14-19)8-4-2-1-3-7-17-9-5-6-10-17/h15-19H,1-14H2. The van der Waals surface area contributed by atoms with Crippen molar-refractivity contribution in [2.45, 2.75) is 95.8 Å². The summed E-state index contributed by atoms with van der Waals surface area (Å²) < 4.78 is 40.0. The van der Waals surface area contributed by atoms with E-state index < -0.39 is 17.5 Å². The fraction of sp³-hybridized carbons (Fsp3) is 0.739. The Balaban J connectivity index is 1.30. The van der Waals surface area contributed by atoms with E-state index in [-0.39, 0.29) is 5.92 Å². The molecule has 1 aromatic carbocycles. The molecule has 0 amide bonds. The van der Waals surface area contributed by atoms with Crippen LogP contribution in [0.15, 0.2) is 12.1 Å². The summed E-state index contributed by atoms with van der Waals surface area (Å²) in [4.78, 5) is 0. The minimum Gasteiger partial charge on any atom is -0.204 e. The van der Waals surface area contributed by atoms with Crippen molar-refractivity contribution in [3.05, 3.63) is 35.1 Å². The first kappa shape index (κ1) is 19.8. The van der Waals surface area contributed by atoms with E-state index in [2.05, 4.69) is 0 Å². The molecule has 3 rings (SSSR count). The highest BCUT2D eigenvalue weighted by Crippen LogP contribution is 2.38. The van der Waals surface area contributed by atoms with Gasteiger partial charge in [-0.25, -0.2) is 13.2 Å². The third-order valence-electron chi connectivity index (χ3n) is 6.77. The SMILES string of the molecule is Fc1cc(C2CCC(CCCCCCC3CCCC3)CC2)cc(F)c1F. The summed E-state index contributed by atoms with van der Waals surface area (Å²) in [6.45, 7) is 0. The van der Waals surface area contributed by atoms with E-state index in [9.17, 15) is 13.2 Å². The molecule has 0 aliphatic heterocycles. The number of halogens is 3. The number of rotatable bonds is 8. The van der Waals surface area contributed by atoms with Gasteiger partial charge in [-0.1, -0.05) is 64.2 Å².